The standard InChI is InChI=1S/C23H28N6O2/c1-15(19-6-5-7-21-20(19)13-25-28(21)4)26-22-9-8-17(12-24-22)23(31)29-11-10-18(14-29)27(3)16(2)30/h5-9,12-13,15,18H,10-11,14H2,1-4H3,(H,24,26)/t15-,18+/m1/s1. The van der Waals surface area contributed by atoms with E-state index in [4.69, 9.17) is 0 Å². The minimum atomic E-state index is -0.0494. The maximum atomic E-state index is 12.8. The Hall–Kier alpha value is -3.42. The van der Waals surface area contributed by atoms with Crippen LogP contribution in [0, 0.1) is 0 Å². The van der Waals surface area contributed by atoms with Crippen LogP contribution in [0.15, 0.2) is 42.7 Å². The predicted molar refractivity (Wildman–Crippen MR) is 120 cm³/mol. The van der Waals surface area contributed by atoms with Crippen LogP contribution in [0.4, 0.5) is 5.82 Å². The Balaban J connectivity index is 1.42. The van der Waals surface area contributed by atoms with Gasteiger partial charge in [-0.1, -0.05) is 12.1 Å². The first-order valence-electron chi connectivity index (χ1n) is 10.5. The van der Waals surface area contributed by atoms with Crippen LogP contribution in [0.25, 0.3) is 10.9 Å². The Labute approximate surface area is 181 Å². The zero-order valence-electron chi connectivity index (χ0n) is 18.4. The topological polar surface area (TPSA) is 83.4 Å². The largest absolute Gasteiger partial charge is 0.364 e. The van der Waals surface area contributed by atoms with E-state index in [9.17, 15) is 9.59 Å². The van der Waals surface area contributed by atoms with Gasteiger partial charge in [-0.3, -0.25) is 14.3 Å². The molecule has 8 heteroatoms. The van der Waals surface area contributed by atoms with Crippen LogP contribution in [0.3, 0.4) is 0 Å². The van der Waals surface area contributed by atoms with Crippen molar-refractivity contribution >= 4 is 28.5 Å². The molecular formula is C23H28N6O2. The van der Waals surface area contributed by atoms with Gasteiger partial charge in [0.05, 0.1) is 29.4 Å². The van der Waals surface area contributed by atoms with Crippen LogP contribution < -0.4 is 5.32 Å². The van der Waals surface area contributed by atoms with Crippen molar-refractivity contribution in [2.24, 2.45) is 7.05 Å². The molecule has 0 radical (unpaired) electrons. The zero-order valence-corrected chi connectivity index (χ0v) is 18.4. The molecule has 2 atom stereocenters. The Morgan fingerprint density at radius 3 is 2.74 bits per heavy atom. The summed E-state index contributed by atoms with van der Waals surface area (Å²) in [6.45, 7) is 4.84. The monoisotopic (exact) mass is 420 g/mol. The molecular weight excluding hydrogens is 392 g/mol. The summed E-state index contributed by atoms with van der Waals surface area (Å²) in [5, 5.41) is 8.87. The van der Waals surface area contributed by atoms with E-state index in [1.165, 1.54) is 0 Å². The number of aromatic nitrogens is 3. The number of aryl methyl sites for hydroxylation is 1. The average molecular weight is 421 g/mol. The van der Waals surface area contributed by atoms with Gasteiger partial charge in [0.1, 0.15) is 5.82 Å². The zero-order chi connectivity index (χ0) is 22.1. The molecule has 31 heavy (non-hydrogen) atoms. The van der Waals surface area contributed by atoms with E-state index < -0.39 is 0 Å². The van der Waals surface area contributed by atoms with Crippen molar-refractivity contribution in [2.45, 2.75) is 32.4 Å². The summed E-state index contributed by atoms with van der Waals surface area (Å²) < 4.78 is 1.86. The molecule has 8 nitrogen and oxygen atoms in total. The Morgan fingerprint density at radius 1 is 1.23 bits per heavy atom. The highest BCUT2D eigenvalue weighted by Crippen LogP contribution is 2.26. The Morgan fingerprint density at radius 2 is 2.03 bits per heavy atom. The second kappa shape index (κ2) is 8.37. The van der Waals surface area contributed by atoms with Gasteiger partial charge >= 0.3 is 0 Å². The van der Waals surface area contributed by atoms with Gasteiger partial charge in [0.25, 0.3) is 5.91 Å². The van der Waals surface area contributed by atoms with Gasteiger partial charge in [0.15, 0.2) is 0 Å². The summed E-state index contributed by atoms with van der Waals surface area (Å²) in [7, 11) is 3.72. The third-order valence-corrected chi connectivity index (χ3v) is 6.16. The van der Waals surface area contributed by atoms with Crippen molar-refractivity contribution in [3.8, 4) is 0 Å². The number of likely N-dealkylation sites (tertiary alicyclic amines) is 1. The van der Waals surface area contributed by atoms with Crippen molar-refractivity contribution < 1.29 is 9.59 Å². The molecule has 2 amide bonds. The number of hydrogen-bond donors (Lipinski definition) is 1. The highest BCUT2D eigenvalue weighted by atomic mass is 16.2. The summed E-state index contributed by atoms with van der Waals surface area (Å²) in [5.74, 6) is 0.680. The van der Waals surface area contributed by atoms with E-state index in [1.54, 1.807) is 36.0 Å². The number of amides is 2. The molecule has 3 heterocycles. The highest BCUT2D eigenvalue weighted by molar-refractivity contribution is 5.94. The van der Waals surface area contributed by atoms with E-state index in [1.807, 2.05) is 36.1 Å². The van der Waals surface area contributed by atoms with Crippen LogP contribution in [-0.2, 0) is 11.8 Å². The maximum Gasteiger partial charge on any atom is 0.255 e. The lowest BCUT2D eigenvalue weighted by Crippen LogP contribution is -2.38. The fourth-order valence-corrected chi connectivity index (χ4v) is 4.16. The first-order valence-corrected chi connectivity index (χ1v) is 10.5. The lowest BCUT2D eigenvalue weighted by atomic mass is 10.0. The summed E-state index contributed by atoms with van der Waals surface area (Å²) >= 11 is 0. The van der Waals surface area contributed by atoms with E-state index in [-0.39, 0.29) is 23.9 Å². The maximum absolute atomic E-state index is 12.8. The smallest absolute Gasteiger partial charge is 0.255 e. The number of nitrogens with zero attached hydrogens (tertiary/aromatic N) is 5. The minimum Gasteiger partial charge on any atom is -0.364 e. The molecule has 1 aromatic carbocycles. The molecule has 0 aliphatic carbocycles. The van der Waals surface area contributed by atoms with Gasteiger partial charge in [-0.2, -0.15) is 5.10 Å². The van der Waals surface area contributed by atoms with Gasteiger partial charge in [-0.25, -0.2) is 4.98 Å². The van der Waals surface area contributed by atoms with Gasteiger partial charge in [-0.05, 0) is 37.1 Å². The second-order valence-corrected chi connectivity index (χ2v) is 8.17. The summed E-state index contributed by atoms with van der Waals surface area (Å²) in [5.41, 5.74) is 2.78. The van der Waals surface area contributed by atoms with Gasteiger partial charge in [0.2, 0.25) is 5.91 Å². The first-order chi connectivity index (χ1) is 14.8. The van der Waals surface area contributed by atoms with Gasteiger partial charge < -0.3 is 15.1 Å². The van der Waals surface area contributed by atoms with Crippen LogP contribution in [0.5, 0.6) is 0 Å². The van der Waals surface area contributed by atoms with Crippen molar-refractivity contribution in [1.82, 2.24) is 24.6 Å². The number of carbonyl (C=O) groups is 2. The molecule has 0 spiro atoms. The molecule has 1 fully saturated rings. The van der Waals surface area contributed by atoms with E-state index in [0.29, 0.717) is 24.5 Å². The summed E-state index contributed by atoms with van der Waals surface area (Å²) in [6.07, 6.45) is 4.29. The first kappa shape index (κ1) is 20.8. The quantitative estimate of drug-likeness (QED) is 0.686. The number of rotatable bonds is 5. The SMILES string of the molecule is CC(=O)N(C)[C@H]1CCN(C(=O)c2ccc(N[C@H](C)c3cccc4c3cnn4C)nc2)C1. The van der Waals surface area contributed by atoms with Crippen molar-refractivity contribution in [3.05, 3.63) is 53.9 Å². The van der Waals surface area contributed by atoms with Crippen LogP contribution in [0.2, 0.25) is 0 Å². The van der Waals surface area contributed by atoms with Crippen molar-refractivity contribution in [3.63, 3.8) is 0 Å². The van der Waals surface area contributed by atoms with Crippen LogP contribution >= 0.6 is 0 Å². The third-order valence-electron chi connectivity index (χ3n) is 6.16. The lowest BCUT2D eigenvalue weighted by Gasteiger charge is -2.23. The van der Waals surface area contributed by atoms with Crippen LogP contribution in [-0.4, -0.2) is 62.6 Å². The summed E-state index contributed by atoms with van der Waals surface area (Å²) in [6, 6.07) is 9.91. The molecule has 0 saturated carbocycles. The molecule has 1 aliphatic rings. The second-order valence-electron chi connectivity index (χ2n) is 8.17. The number of likely N-dealkylation sites (N-methyl/N-ethyl adjacent to an activating group) is 1. The molecule has 4 rings (SSSR count). The number of carbonyl (C=O) groups excluding carboxylic acids is 2. The number of benzene rings is 1. The number of anilines is 1. The number of hydrogen-bond acceptors (Lipinski definition) is 5. The Bertz CT molecular complexity index is 1110. The predicted octanol–water partition coefficient (Wildman–Crippen LogP) is 2.83. The molecule has 1 saturated heterocycles. The number of fused-ring (bicyclic) bond motifs is 1. The molecule has 0 bridgehead atoms. The molecule has 1 N–H and O–H groups in total. The van der Waals surface area contributed by atoms with Gasteiger partial charge in [-0.15, -0.1) is 0 Å². The highest BCUT2D eigenvalue weighted by Gasteiger charge is 2.30. The number of nitrogens with one attached hydrogen (secondary N) is 1. The van der Waals surface area contributed by atoms with E-state index >= 15 is 0 Å². The molecule has 1 aliphatic heterocycles. The fourth-order valence-electron chi connectivity index (χ4n) is 4.16. The van der Waals surface area contributed by atoms with Crippen molar-refractivity contribution in [2.75, 3.05) is 25.5 Å². The average Bonchev–Trinajstić information content (AvgIpc) is 3.40. The molecule has 162 valence electrons. The van der Waals surface area contributed by atoms with Gasteiger partial charge in [0, 0.05) is 45.7 Å². The van der Waals surface area contributed by atoms with E-state index in [2.05, 4.69) is 28.4 Å². The van der Waals surface area contributed by atoms with E-state index in [0.717, 1.165) is 22.9 Å². The lowest BCUT2D eigenvalue weighted by molar-refractivity contribution is -0.129. The number of pyridine rings is 1. The normalized spacial score (nSPS) is 17.0. The third kappa shape index (κ3) is 4.10. The molecule has 3 aromatic rings. The minimum absolute atomic E-state index is 0.0208. The Kier molecular flexibility index (Phi) is 5.63. The van der Waals surface area contributed by atoms with Crippen LogP contribution in [0.1, 0.15) is 42.2 Å². The molecule has 2 aromatic heterocycles. The fraction of sp³-hybridized carbons (Fsp3) is 0.391. The summed E-state index contributed by atoms with van der Waals surface area (Å²) in [4.78, 5) is 32.4. The van der Waals surface area contributed by atoms with Crippen molar-refractivity contribution in [1.29, 1.82) is 0 Å². The molecule has 0 unspecified atom stereocenters.